The van der Waals surface area contributed by atoms with Gasteiger partial charge < -0.3 is 74.0 Å². The van der Waals surface area contributed by atoms with Gasteiger partial charge in [-0.1, -0.05) is 12.1 Å². The van der Waals surface area contributed by atoms with Crippen LogP contribution in [0.15, 0.2) is 48.6 Å². The van der Waals surface area contributed by atoms with E-state index >= 15 is 0 Å². The van der Waals surface area contributed by atoms with Crippen molar-refractivity contribution >= 4 is 24.1 Å². The summed E-state index contributed by atoms with van der Waals surface area (Å²) < 4.78 is 37.5. The Labute approximate surface area is 279 Å². The summed E-state index contributed by atoms with van der Waals surface area (Å²) in [5.74, 6) is -4.60. The molecule has 4 rings (SSSR count). The van der Waals surface area contributed by atoms with Crippen LogP contribution in [0.4, 0.5) is 0 Å². The van der Waals surface area contributed by atoms with E-state index < -0.39 is 86.6 Å². The van der Waals surface area contributed by atoms with Crippen molar-refractivity contribution in [2.45, 2.75) is 54.8 Å². The summed E-state index contributed by atoms with van der Waals surface area (Å²) in [6.07, 6.45) is -9.59. The first-order chi connectivity index (χ1) is 23.4. The van der Waals surface area contributed by atoms with Crippen LogP contribution in [0.3, 0.4) is 0 Å². The number of phenolic OH excluding ortho intramolecular Hbond substituents is 2. The second-order valence-corrected chi connectivity index (χ2v) is 11.0. The summed E-state index contributed by atoms with van der Waals surface area (Å²) in [5.41, 5.74) is 0.898. The topological polar surface area (TPSA) is 261 Å². The van der Waals surface area contributed by atoms with Crippen molar-refractivity contribution in [3.63, 3.8) is 0 Å². The van der Waals surface area contributed by atoms with Crippen LogP contribution in [-0.4, -0.2) is 142 Å². The smallest absolute Gasteiger partial charge is 0.331 e. The summed E-state index contributed by atoms with van der Waals surface area (Å²) in [5, 5.41) is 82.2. The minimum Gasteiger partial charge on any atom is -0.508 e. The van der Waals surface area contributed by atoms with Crippen molar-refractivity contribution < 1.29 is 83.6 Å². The molecule has 0 radical (unpaired) electrons. The van der Waals surface area contributed by atoms with E-state index in [1.54, 1.807) is 12.1 Å². The van der Waals surface area contributed by atoms with Gasteiger partial charge in [-0.15, -0.1) is 0 Å². The van der Waals surface area contributed by atoms with Crippen LogP contribution in [0.5, 0.6) is 23.0 Å². The highest BCUT2D eigenvalue weighted by molar-refractivity contribution is 5.88. The lowest BCUT2D eigenvalue weighted by molar-refractivity contribution is -0.383. The van der Waals surface area contributed by atoms with Crippen LogP contribution in [0, 0.1) is 0 Å². The number of esters is 2. The molecule has 9 atom stereocenters. The van der Waals surface area contributed by atoms with Crippen molar-refractivity contribution in [3.8, 4) is 23.0 Å². The molecule has 2 aromatic rings. The lowest BCUT2D eigenvalue weighted by atomic mass is 9.99. The molecule has 0 bridgehead atoms. The fraction of sp³-hybridized carbons (Fsp3) is 0.438. The highest BCUT2D eigenvalue weighted by atomic mass is 16.8. The molecule has 2 saturated heterocycles. The van der Waals surface area contributed by atoms with Crippen molar-refractivity contribution in [1.82, 2.24) is 0 Å². The number of benzene rings is 2. The standard InChI is InChI=1S/C32H38O17/c1-43-19-11-17(12-20(44-2)25(19)38)6-10-24(37)47-30-27(40)21(13-33)48-32(30,15-34)49-31-29(42)28(41)26(39)22(46-31)14-45-23(36)9-5-16-3-7-18(35)8-4-16/h3-12,21-22,26-31,33-35,38-42H,13-15H2,1-2H3/b9-5+,10-6+/t21-,22-,26-,27-,28+,29-,30+,31-,32+/m1/s1. The number of carbonyl (C=O) groups is 2. The molecule has 0 spiro atoms. The van der Waals surface area contributed by atoms with Gasteiger partial charge in [0.25, 0.3) is 0 Å². The third kappa shape index (κ3) is 8.66. The van der Waals surface area contributed by atoms with Crippen LogP contribution in [-0.2, 0) is 33.3 Å². The zero-order chi connectivity index (χ0) is 35.9. The first-order valence-corrected chi connectivity index (χ1v) is 14.8. The van der Waals surface area contributed by atoms with E-state index in [-0.39, 0.29) is 23.0 Å². The number of aromatic hydroxyl groups is 2. The summed E-state index contributed by atoms with van der Waals surface area (Å²) in [6.45, 7) is -2.61. The molecule has 0 aromatic heterocycles. The molecule has 49 heavy (non-hydrogen) atoms. The normalized spacial score (nSPS) is 30.0. The molecule has 0 saturated carbocycles. The number of methoxy groups -OCH3 is 2. The highest BCUT2D eigenvalue weighted by Crippen LogP contribution is 2.39. The average Bonchev–Trinajstić information content (AvgIpc) is 3.36. The number of hydrogen-bond donors (Lipinski definition) is 8. The second kappa shape index (κ2) is 16.4. The lowest BCUT2D eigenvalue weighted by Gasteiger charge is -2.43. The summed E-state index contributed by atoms with van der Waals surface area (Å²) >= 11 is 0. The minimum absolute atomic E-state index is 0.0303. The minimum atomic E-state index is -2.48. The molecular weight excluding hydrogens is 656 g/mol. The van der Waals surface area contributed by atoms with Gasteiger partial charge >= 0.3 is 11.9 Å². The first kappa shape index (κ1) is 37.5. The number of aliphatic hydroxyl groups is 6. The van der Waals surface area contributed by atoms with Gasteiger partial charge in [0.15, 0.2) is 23.9 Å². The van der Waals surface area contributed by atoms with Crippen molar-refractivity contribution in [2.75, 3.05) is 34.0 Å². The molecular formula is C32H38O17. The number of hydrogen-bond acceptors (Lipinski definition) is 17. The number of carbonyl (C=O) groups excluding carboxylic acids is 2. The maximum absolute atomic E-state index is 12.9. The van der Waals surface area contributed by atoms with Crippen LogP contribution in [0.2, 0.25) is 0 Å². The molecule has 0 unspecified atom stereocenters. The van der Waals surface area contributed by atoms with Crippen molar-refractivity contribution in [3.05, 3.63) is 59.7 Å². The molecule has 17 nitrogen and oxygen atoms in total. The zero-order valence-electron chi connectivity index (χ0n) is 26.3. The fourth-order valence-electron chi connectivity index (χ4n) is 5.06. The Morgan fingerprint density at radius 2 is 1.43 bits per heavy atom. The van der Waals surface area contributed by atoms with Gasteiger partial charge in [0, 0.05) is 12.2 Å². The van der Waals surface area contributed by atoms with Gasteiger partial charge in [0.05, 0.1) is 20.8 Å². The monoisotopic (exact) mass is 694 g/mol. The lowest BCUT2D eigenvalue weighted by Crippen LogP contribution is -2.63. The van der Waals surface area contributed by atoms with Gasteiger partial charge in [-0.05, 0) is 47.5 Å². The third-order valence-electron chi connectivity index (χ3n) is 7.71. The molecule has 2 fully saturated rings. The second-order valence-electron chi connectivity index (χ2n) is 11.0. The molecule has 17 heteroatoms. The largest absolute Gasteiger partial charge is 0.508 e. The van der Waals surface area contributed by atoms with E-state index in [0.717, 1.165) is 12.2 Å². The number of rotatable bonds is 13. The predicted molar refractivity (Wildman–Crippen MR) is 164 cm³/mol. The Hall–Kier alpha value is -4.30. The van der Waals surface area contributed by atoms with Crippen LogP contribution in [0.1, 0.15) is 11.1 Å². The summed E-state index contributed by atoms with van der Waals surface area (Å²) in [4.78, 5) is 25.2. The molecule has 8 N–H and O–H groups in total. The van der Waals surface area contributed by atoms with E-state index in [4.69, 9.17) is 33.2 Å². The number of ether oxygens (including phenoxy) is 7. The molecule has 2 aliphatic heterocycles. The van der Waals surface area contributed by atoms with Gasteiger partial charge in [-0.25, -0.2) is 9.59 Å². The zero-order valence-corrected chi connectivity index (χ0v) is 26.3. The van der Waals surface area contributed by atoms with E-state index in [9.17, 15) is 50.4 Å². The summed E-state index contributed by atoms with van der Waals surface area (Å²) in [7, 11) is 2.62. The maximum Gasteiger partial charge on any atom is 0.331 e. The summed E-state index contributed by atoms with van der Waals surface area (Å²) in [6, 6.07) is 8.68. The van der Waals surface area contributed by atoms with Crippen LogP contribution < -0.4 is 9.47 Å². The molecule has 2 aliphatic rings. The number of phenols is 2. The predicted octanol–water partition coefficient (Wildman–Crippen LogP) is -1.44. The van der Waals surface area contributed by atoms with Gasteiger partial charge in [-0.3, -0.25) is 0 Å². The third-order valence-corrected chi connectivity index (χ3v) is 7.71. The van der Waals surface area contributed by atoms with Gasteiger partial charge in [0.1, 0.15) is 55.6 Å². The molecule has 0 amide bonds. The molecule has 2 aromatic carbocycles. The average molecular weight is 695 g/mol. The first-order valence-electron chi connectivity index (χ1n) is 14.8. The Bertz CT molecular complexity index is 1470. The Kier molecular flexibility index (Phi) is 12.6. The number of aliphatic hydroxyl groups excluding tert-OH is 6. The van der Waals surface area contributed by atoms with Crippen molar-refractivity contribution in [2.24, 2.45) is 0 Å². The van der Waals surface area contributed by atoms with E-state index in [2.05, 4.69) is 0 Å². The molecule has 0 aliphatic carbocycles. The van der Waals surface area contributed by atoms with E-state index in [0.29, 0.717) is 11.1 Å². The van der Waals surface area contributed by atoms with Crippen LogP contribution in [0.25, 0.3) is 12.2 Å². The van der Waals surface area contributed by atoms with E-state index in [1.807, 2.05) is 0 Å². The Morgan fingerprint density at radius 3 is 2.02 bits per heavy atom. The molecule has 2 heterocycles. The Morgan fingerprint density at radius 1 is 0.816 bits per heavy atom. The Balaban J connectivity index is 1.48. The fourth-order valence-corrected chi connectivity index (χ4v) is 5.06. The van der Waals surface area contributed by atoms with Crippen molar-refractivity contribution in [1.29, 1.82) is 0 Å². The van der Waals surface area contributed by atoms with Gasteiger partial charge in [-0.2, -0.15) is 0 Å². The SMILES string of the molecule is COc1cc(/C=C/C(=O)O[C@H]2[C@H](O)[C@@H](CO)O[C@@]2(CO)O[C@H]2O[C@H](COC(=O)/C=C/c3ccc(O)cc3)[C@@H](O)[C@H](O)[C@H]2O)cc(OC)c1O. The maximum atomic E-state index is 12.9. The van der Waals surface area contributed by atoms with Crippen LogP contribution >= 0.6 is 0 Å². The molecule has 268 valence electrons. The van der Waals surface area contributed by atoms with Gasteiger partial charge in [0.2, 0.25) is 11.5 Å². The highest BCUT2D eigenvalue weighted by Gasteiger charge is 2.60. The quantitative estimate of drug-likeness (QED) is 0.0882. The van der Waals surface area contributed by atoms with E-state index in [1.165, 1.54) is 50.6 Å².